The number of aromatic nitrogens is 1. The van der Waals surface area contributed by atoms with Crippen LogP contribution >= 0.6 is 12.4 Å². The van der Waals surface area contributed by atoms with Crippen molar-refractivity contribution < 1.29 is 0 Å². The minimum absolute atomic E-state index is 0. The fourth-order valence-electron chi connectivity index (χ4n) is 2.54. The normalized spacial score (nSPS) is 15.3. The molecule has 92 valence electrons. The summed E-state index contributed by atoms with van der Waals surface area (Å²) in [5.41, 5.74) is 6.99. The average molecular weight is 258 g/mol. The molecule has 0 atom stereocenters. The predicted octanol–water partition coefficient (Wildman–Crippen LogP) is 4.30. The fraction of sp³-hybridized carbons (Fsp3) is 0.188. The molecule has 0 unspecified atom stereocenters. The van der Waals surface area contributed by atoms with E-state index in [0.717, 1.165) is 6.42 Å². The summed E-state index contributed by atoms with van der Waals surface area (Å²) in [5, 5.41) is 0. The highest BCUT2D eigenvalue weighted by Crippen LogP contribution is 2.35. The Morgan fingerprint density at radius 1 is 1.11 bits per heavy atom. The van der Waals surface area contributed by atoms with Crippen LogP contribution in [0.3, 0.4) is 0 Å². The van der Waals surface area contributed by atoms with Crippen molar-refractivity contribution in [2.75, 3.05) is 0 Å². The molecule has 1 aliphatic rings. The molecule has 1 aliphatic carbocycles. The minimum atomic E-state index is 0. The Labute approximate surface area is 114 Å². The van der Waals surface area contributed by atoms with E-state index in [-0.39, 0.29) is 12.4 Å². The first kappa shape index (κ1) is 12.8. The quantitative estimate of drug-likeness (QED) is 0.742. The summed E-state index contributed by atoms with van der Waals surface area (Å²) in [6.07, 6.45) is 8.32. The summed E-state index contributed by atoms with van der Waals surface area (Å²) in [6.45, 7) is 2.20. The molecular weight excluding hydrogens is 242 g/mol. The summed E-state index contributed by atoms with van der Waals surface area (Å²) in [7, 11) is 0. The van der Waals surface area contributed by atoms with E-state index in [1.54, 1.807) is 0 Å². The molecule has 0 fully saturated rings. The van der Waals surface area contributed by atoms with Gasteiger partial charge in [-0.2, -0.15) is 0 Å². The number of pyridine rings is 1. The number of halogens is 1. The van der Waals surface area contributed by atoms with Crippen LogP contribution in [0, 0.1) is 6.92 Å². The SMILES string of the molecule is Cc1cccc2c1CCC2=Cc1cccnc1.Cl. The van der Waals surface area contributed by atoms with Gasteiger partial charge in [-0.3, -0.25) is 4.98 Å². The zero-order valence-corrected chi connectivity index (χ0v) is 11.2. The molecule has 2 aromatic rings. The van der Waals surface area contributed by atoms with Gasteiger partial charge in [-0.25, -0.2) is 0 Å². The van der Waals surface area contributed by atoms with Gasteiger partial charge in [0.05, 0.1) is 0 Å². The summed E-state index contributed by atoms with van der Waals surface area (Å²) < 4.78 is 0. The Morgan fingerprint density at radius 3 is 2.78 bits per heavy atom. The van der Waals surface area contributed by atoms with Crippen molar-refractivity contribution in [2.45, 2.75) is 19.8 Å². The molecule has 1 heterocycles. The van der Waals surface area contributed by atoms with Crippen LogP contribution in [0.1, 0.15) is 28.7 Å². The predicted molar refractivity (Wildman–Crippen MR) is 78.9 cm³/mol. The first-order valence-corrected chi connectivity index (χ1v) is 6.04. The monoisotopic (exact) mass is 257 g/mol. The Bertz CT molecular complexity index is 573. The maximum atomic E-state index is 4.16. The molecule has 0 amide bonds. The van der Waals surface area contributed by atoms with E-state index in [1.807, 2.05) is 18.5 Å². The van der Waals surface area contributed by atoms with Gasteiger partial charge in [0, 0.05) is 12.4 Å². The van der Waals surface area contributed by atoms with Crippen LogP contribution in [0.4, 0.5) is 0 Å². The van der Waals surface area contributed by atoms with E-state index >= 15 is 0 Å². The highest BCUT2D eigenvalue weighted by atomic mass is 35.5. The van der Waals surface area contributed by atoms with Crippen molar-refractivity contribution in [3.8, 4) is 0 Å². The number of allylic oxidation sites excluding steroid dienone is 1. The summed E-state index contributed by atoms with van der Waals surface area (Å²) >= 11 is 0. The zero-order chi connectivity index (χ0) is 11.7. The van der Waals surface area contributed by atoms with Gasteiger partial charge in [0.2, 0.25) is 0 Å². The molecule has 0 bridgehead atoms. The molecule has 2 heteroatoms. The van der Waals surface area contributed by atoms with Crippen LogP contribution in [0.25, 0.3) is 11.6 Å². The molecule has 1 aromatic carbocycles. The smallest absolute Gasteiger partial charge is 0.0340 e. The van der Waals surface area contributed by atoms with Gasteiger partial charge in [0.1, 0.15) is 0 Å². The van der Waals surface area contributed by atoms with Gasteiger partial charge in [0.25, 0.3) is 0 Å². The third-order valence-electron chi connectivity index (χ3n) is 3.43. The van der Waals surface area contributed by atoms with Gasteiger partial charge >= 0.3 is 0 Å². The van der Waals surface area contributed by atoms with Crippen molar-refractivity contribution in [2.24, 2.45) is 0 Å². The molecule has 18 heavy (non-hydrogen) atoms. The average Bonchev–Trinajstić information content (AvgIpc) is 2.76. The van der Waals surface area contributed by atoms with E-state index in [9.17, 15) is 0 Å². The number of aryl methyl sites for hydroxylation is 1. The van der Waals surface area contributed by atoms with Crippen LogP contribution < -0.4 is 0 Å². The fourth-order valence-corrected chi connectivity index (χ4v) is 2.54. The van der Waals surface area contributed by atoms with Gasteiger partial charge < -0.3 is 0 Å². The maximum Gasteiger partial charge on any atom is 0.0340 e. The van der Waals surface area contributed by atoms with Crippen LogP contribution in [0.5, 0.6) is 0 Å². The molecule has 0 saturated heterocycles. The zero-order valence-electron chi connectivity index (χ0n) is 10.4. The molecule has 0 saturated carbocycles. The number of hydrogen-bond acceptors (Lipinski definition) is 1. The summed E-state index contributed by atoms with van der Waals surface area (Å²) in [4.78, 5) is 4.16. The van der Waals surface area contributed by atoms with Crippen LogP contribution in [0.2, 0.25) is 0 Å². The second-order valence-corrected chi connectivity index (χ2v) is 4.56. The first-order valence-electron chi connectivity index (χ1n) is 6.04. The Hall–Kier alpha value is -1.60. The standard InChI is InChI=1S/C16H15N.ClH/c1-12-4-2-6-16-14(7-8-15(12)16)10-13-5-3-9-17-11-13;/h2-6,9-11H,7-8H2,1H3;1H. The molecule has 0 aliphatic heterocycles. The molecule has 0 N–H and O–H groups in total. The first-order chi connectivity index (χ1) is 8.34. The van der Waals surface area contributed by atoms with E-state index in [1.165, 1.54) is 34.2 Å². The van der Waals surface area contributed by atoms with Crippen LogP contribution in [0.15, 0.2) is 42.7 Å². The van der Waals surface area contributed by atoms with Crippen molar-refractivity contribution in [1.82, 2.24) is 4.98 Å². The second kappa shape index (κ2) is 5.36. The van der Waals surface area contributed by atoms with Gasteiger partial charge in [-0.15, -0.1) is 12.4 Å². The number of benzene rings is 1. The molecule has 1 aromatic heterocycles. The molecular formula is C16H16ClN. The lowest BCUT2D eigenvalue weighted by molar-refractivity contribution is 1.07. The van der Waals surface area contributed by atoms with Gasteiger partial charge in [-0.1, -0.05) is 24.3 Å². The number of nitrogens with zero attached hydrogens (tertiary/aromatic N) is 1. The van der Waals surface area contributed by atoms with Crippen molar-refractivity contribution in [1.29, 1.82) is 0 Å². The Kier molecular flexibility index (Phi) is 3.83. The number of fused-ring (bicyclic) bond motifs is 1. The molecule has 3 rings (SSSR count). The van der Waals surface area contributed by atoms with Crippen molar-refractivity contribution in [3.63, 3.8) is 0 Å². The highest BCUT2D eigenvalue weighted by molar-refractivity contribution is 5.86. The summed E-state index contributed by atoms with van der Waals surface area (Å²) in [5.74, 6) is 0. The second-order valence-electron chi connectivity index (χ2n) is 4.56. The molecule has 1 nitrogen and oxygen atoms in total. The topological polar surface area (TPSA) is 12.9 Å². The Balaban J connectivity index is 0.00000120. The van der Waals surface area contributed by atoms with Crippen LogP contribution in [-0.4, -0.2) is 4.98 Å². The lowest BCUT2D eigenvalue weighted by Gasteiger charge is -2.03. The van der Waals surface area contributed by atoms with E-state index < -0.39 is 0 Å². The van der Waals surface area contributed by atoms with Crippen molar-refractivity contribution >= 4 is 24.1 Å². The third-order valence-corrected chi connectivity index (χ3v) is 3.43. The minimum Gasteiger partial charge on any atom is -0.264 e. The lowest BCUT2D eigenvalue weighted by atomic mass is 10.0. The number of hydrogen-bond donors (Lipinski definition) is 0. The molecule has 0 spiro atoms. The lowest BCUT2D eigenvalue weighted by Crippen LogP contribution is -1.85. The summed E-state index contributed by atoms with van der Waals surface area (Å²) in [6, 6.07) is 10.7. The van der Waals surface area contributed by atoms with Crippen LogP contribution in [-0.2, 0) is 6.42 Å². The largest absolute Gasteiger partial charge is 0.264 e. The Morgan fingerprint density at radius 2 is 2.00 bits per heavy atom. The highest BCUT2D eigenvalue weighted by Gasteiger charge is 2.17. The van der Waals surface area contributed by atoms with E-state index in [4.69, 9.17) is 0 Å². The third kappa shape index (κ3) is 2.32. The van der Waals surface area contributed by atoms with Crippen molar-refractivity contribution in [3.05, 3.63) is 65.0 Å². The molecule has 0 radical (unpaired) electrons. The van der Waals surface area contributed by atoms with E-state index in [0.29, 0.717) is 0 Å². The van der Waals surface area contributed by atoms with Gasteiger partial charge in [0.15, 0.2) is 0 Å². The maximum absolute atomic E-state index is 4.16. The van der Waals surface area contributed by atoms with E-state index in [2.05, 4.69) is 42.2 Å². The number of rotatable bonds is 1. The van der Waals surface area contributed by atoms with Gasteiger partial charge in [-0.05, 0) is 59.7 Å².